The Morgan fingerprint density at radius 1 is 1.45 bits per heavy atom. The van der Waals surface area contributed by atoms with Gasteiger partial charge in [0.1, 0.15) is 5.82 Å². The fraction of sp³-hybridized carbons (Fsp3) is 0.357. The predicted octanol–water partition coefficient (Wildman–Crippen LogP) is 2.72. The Morgan fingerprint density at radius 2 is 2.25 bits per heavy atom. The first-order valence-electron chi connectivity index (χ1n) is 6.29. The van der Waals surface area contributed by atoms with Crippen molar-refractivity contribution in [3.63, 3.8) is 0 Å². The SMILES string of the molecule is COCCNCc1cn(C)nc1-c1cc(Br)ccc1F. The van der Waals surface area contributed by atoms with Gasteiger partial charge in [0, 0.05) is 49.0 Å². The van der Waals surface area contributed by atoms with Gasteiger partial charge in [0.2, 0.25) is 0 Å². The first kappa shape index (κ1) is 15.2. The van der Waals surface area contributed by atoms with Gasteiger partial charge in [-0.25, -0.2) is 4.39 Å². The van der Waals surface area contributed by atoms with E-state index in [-0.39, 0.29) is 5.82 Å². The van der Waals surface area contributed by atoms with Crippen molar-refractivity contribution in [1.29, 1.82) is 0 Å². The van der Waals surface area contributed by atoms with Crippen molar-refractivity contribution < 1.29 is 9.13 Å². The second kappa shape index (κ2) is 6.97. The van der Waals surface area contributed by atoms with Gasteiger partial charge in [-0.05, 0) is 18.2 Å². The Labute approximate surface area is 126 Å². The van der Waals surface area contributed by atoms with Crippen molar-refractivity contribution in [3.05, 3.63) is 40.2 Å². The third-order valence-electron chi connectivity index (χ3n) is 2.89. The minimum atomic E-state index is -0.273. The topological polar surface area (TPSA) is 39.1 Å². The van der Waals surface area contributed by atoms with Crippen LogP contribution in [0.5, 0.6) is 0 Å². The van der Waals surface area contributed by atoms with Gasteiger partial charge in [-0.3, -0.25) is 4.68 Å². The highest BCUT2D eigenvalue weighted by Gasteiger charge is 2.14. The molecule has 0 unspecified atom stereocenters. The largest absolute Gasteiger partial charge is 0.383 e. The number of halogens is 2. The molecule has 1 aromatic carbocycles. The molecule has 2 rings (SSSR count). The van der Waals surface area contributed by atoms with Gasteiger partial charge in [0.25, 0.3) is 0 Å². The summed E-state index contributed by atoms with van der Waals surface area (Å²) >= 11 is 3.36. The number of aromatic nitrogens is 2. The molecule has 108 valence electrons. The number of nitrogens with zero attached hydrogens (tertiary/aromatic N) is 2. The molecule has 1 N–H and O–H groups in total. The lowest BCUT2D eigenvalue weighted by Gasteiger charge is -2.06. The molecular formula is C14H17BrFN3O. The standard InChI is InChI=1S/C14H17BrFN3O/c1-19-9-10(8-17-5-6-20-2)14(18-19)12-7-11(15)3-4-13(12)16/h3-4,7,9,17H,5-6,8H2,1-2H3. The number of ether oxygens (including phenoxy) is 1. The van der Waals surface area contributed by atoms with E-state index in [4.69, 9.17) is 4.74 Å². The Bertz CT molecular complexity index is 586. The molecule has 2 aromatic rings. The highest BCUT2D eigenvalue weighted by molar-refractivity contribution is 9.10. The molecule has 0 amide bonds. The van der Waals surface area contributed by atoms with Crippen molar-refractivity contribution in [1.82, 2.24) is 15.1 Å². The molecule has 0 saturated heterocycles. The molecule has 0 saturated carbocycles. The number of hydrogen-bond acceptors (Lipinski definition) is 3. The van der Waals surface area contributed by atoms with Crippen molar-refractivity contribution >= 4 is 15.9 Å². The molecule has 0 aliphatic carbocycles. The van der Waals surface area contributed by atoms with Crippen molar-refractivity contribution in [2.45, 2.75) is 6.54 Å². The van der Waals surface area contributed by atoms with E-state index in [0.717, 1.165) is 16.6 Å². The van der Waals surface area contributed by atoms with Gasteiger partial charge < -0.3 is 10.1 Å². The average molecular weight is 342 g/mol. The van der Waals surface area contributed by atoms with Crippen LogP contribution in [0, 0.1) is 5.82 Å². The van der Waals surface area contributed by atoms with Crippen LogP contribution < -0.4 is 5.32 Å². The molecule has 1 heterocycles. The van der Waals surface area contributed by atoms with Gasteiger partial charge in [0.05, 0.1) is 12.3 Å². The van der Waals surface area contributed by atoms with E-state index >= 15 is 0 Å². The summed E-state index contributed by atoms with van der Waals surface area (Å²) in [7, 11) is 3.49. The Balaban J connectivity index is 2.25. The third kappa shape index (κ3) is 3.65. The summed E-state index contributed by atoms with van der Waals surface area (Å²) in [6.07, 6.45) is 1.90. The molecule has 4 nitrogen and oxygen atoms in total. The van der Waals surface area contributed by atoms with Crippen molar-refractivity contribution in [2.24, 2.45) is 7.05 Å². The molecule has 0 radical (unpaired) electrons. The quantitative estimate of drug-likeness (QED) is 0.821. The Morgan fingerprint density at radius 3 is 3.00 bits per heavy atom. The predicted molar refractivity (Wildman–Crippen MR) is 79.9 cm³/mol. The molecule has 0 spiro atoms. The minimum Gasteiger partial charge on any atom is -0.383 e. The van der Waals surface area contributed by atoms with Crippen molar-refractivity contribution in [2.75, 3.05) is 20.3 Å². The molecule has 1 aromatic heterocycles. The summed E-state index contributed by atoms with van der Waals surface area (Å²) in [5, 5.41) is 7.61. The van der Waals surface area contributed by atoms with Crippen LogP contribution in [0.25, 0.3) is 11.3 Å². The number of rotatable bonds is 6. The summed E-state index contributed by atoms with van der Waals surface area (Å²) in [5.41, 5.74) is 2.13. The van der Waals surface area contributed by atoms with E-state index in [1.807, 2.05) is 13.2 Å². The van der Waals surface area contributed by atoms with E-state index in [1.165, 1.54) is 6.07 Å². The molecule has 0 aliphatic rings. The monoisotopic (exact) mass is 341 g/mol. The van der Waals surface area contributed by atoms with E-state index < -0.39 is 0 Å². The summed E-state index contributed by atoms with van der Waals surface area (Å²) in [6, 6.07) is 4.87. The molecule has 0 bridgehead atoms. The average Bonchev–Trinajstić information content (AvgIpc) is 2.78. The fourth-order valence-electron chi connectivity index (χ4n) is 1.97. The maximum atomic E-state index is 14.0. The normalized spacial score (nSPS) is 11.0. The van der Waals surface area contributed by atoms with Crippen LogP contribution in [0.4, 0.5) is 4.39 Å². The molecule has 0 aliphatic heterocycles. The second-order valence-corrected chi connectivity index (χ2v) is 5.39. The Hall–Kier alpha value is -1.24. The summed E-state index contributed by atoms with van der Waals surface area (Å²) in [4.78, 5) is 0. The van der Waals surface area contributed by atoms with Gasteiger partial charge in [-0.1, -0.05) is 15.9 Å². The summed E-state index contributed by atoms with van der Waals surface area (Å²) in [6.45, 7) is 2.01. The molecule has 0 fully saturated rings. The highest BCUT2D eigenvalue weighted by atomic mass is 79.9. The van der Waals surface area contributed by atoms with Gasteiger partial charge in [-0.15, -0.1) is 0 Å². The summed E-state index contributed by atoms with van der Waals surface area (Å²) in [5.74, 6) is -0.273. The van der Waals surface area contributed by atoms with E-state index in [1.54, 1.807) is 23.9 Å². The van der Waals surface area contributed by atoms with Crippen LogP contribution in [0.3, 0.4) is 0 Å². The first-order valence-corrected chi connectivity index (χ1v) is 7.08. The first-order chi connectivity index (χ1) is 9.61. The zero-order chi connectivity index (χ0) is 14.5. The van der Waals surface area contributed by atoms with Crippen LogP contribution in [-0.2, 0) is 18.3 Å². The van der Waals surface area contributed by atoms with Gasteiger partial charge >= 0.3 is 0 Å². The number of benzene rings is 1. The van der Waals surface area contributed by atoms with Crippen LogP contribution in [0.1, 0.15) is 5.56 Å². The zero-order valence-electron chi connectivity index (χ0n) is 11.5. The Kier molecular flexibility index (Phi) is 5.28. The van der Waals surface area contributed by atoms with E-state index in [0.29, 0.717) is 24.4 Å². The van der Waals surface area contributed by atoms with E-state index in [9.17, 15) is 4.39 Å². The number of aryl methyl sites for hydroxylation is 1. The lowest BCUT2D eigenvalue weighted by molar-refractivity contribution is 0.199. The van der Waals surface area contributed by atoms with Crippen LogP contribution in [-0.4, -0.2) is 30.0 Å². The lowest BCUT2D eigenvalue weighted by Crippen LogP contribution is -2.18. The second-order valence-electron chi connectivity index (χ2n) is 4.47. The van der Waals surface area contributed by atoms with Crippen LogP contribution in [0.15, 0.2) is 28.9 Å². The maximum absolute atomic E-state index is 14.0. The third-order valence-corrected chi connectivity index (χ3v) is 3.38. The number of methoxy groups -OCH3 is 1. The number of hydrogen-bond donors (Lipinski definition) is 1. The van der Waals surface area contributed by atoms with Gasteiger partial charge in [0.15, 0.2) is 0 Å². The zero-order valence-corrected chi connectivity index (χ0v) is 13.1. The number of nitrogens with one attached hydrogen (secondary N) is 1. The van der Waals surface area contributed by atoms with Crippen LogP contribution in [0.2, 0.25) is 0 Å². The molecule has 0 atom stereocenters. The molecule has 6 heteroatoms. The highest BCUT2D eigenvalue weighted by Crippen LogP contribution is 2.27. The lowest BCUT2D eigenvalue weighted by atomic mass is 10.1. The minimum absolute atomic E-state index is 0.273. The summed E-state index contributed by atoms with van der Waals surface area (Å²) < 4.78 is 21.5. The maximum Gasteiger partial charge on any atom is 0.132 e. The van der Waals surface area contributed by atoms with Crippen molar-refractivity contribution in [3.8, 4) is 11.3 Å². The molecular weight excluding hydrogens is 325 g/mol. The van der Waals surface area contributed by atoms with E-state index in [2.05, 4.69) is 26.3 Å². The molecule has 20 heavy (non-hydrogen) atoms. The van der Waals surface area contributed by atoms with Gasteiger partial charge in [-0.2, -0.15) is 5.10 Å². The fourth-order valence-corrected chi connectivity index (χ4v) is 2.33. The smallest absolute Gasteiger partial charge is 0.132 e. The van der Waals surface area contributed by atoms with Crippen LogP contribution >= 0.6 is 15.9 Å².